The zero-order chi connectivity index (χ0) is 13.8. The summed E-state index contributed by atoms with van der Waals surface area (Å²) in [6.07, 6.45) is 1.06. The lowest BCUT2D eigenvalue weighted by Crippen LogP contribution is -2.07. The van der Waals surface area contributed by atoms with Crippen LogP contribution in [0.25, 0.3) is 0 Å². The maximum Gasteiger partial charge on any atom is 0.0823 e. The summed E-state index contributed by atoms with van der Waals surface area (Å²) in [6, 6.07) is 14.4. The molecule has 3 heteroatoms. The number of nitrogens with one attached hydrogen (secondary N) is 1. The fraction of sp³-hybridized carbons (Fsp3) is 0.250. The first kappa shape index (κ1) is 14.2. The highest BCUT2D eigenvalue weighted by Crippen LogP contribution is 2.32. The number of hydrogen-bond acceptors (Lipinski definition) is 1. The van der Waals surface area contributed by atoms with Crippen LogP contribution in [0.4, 0.5) is 5.69 Å². The van der Waals surface area contributed by atoms with Crippen LogP contribution in [0.5, 0.6) is 0 Å². The van der Waals surface area contributed by atoms with E-state index in [0.717, 1.165) is 12.1 Å². The molecule has 0 aromatic heterocycles. The second-order valence-corrected chi connectivity index (χ2v) is 5.35. The average molecular weight is 294 g/mol. The van der Waals surface area contributed by atoms with Crippen LogP contribution < -0.4 is 5.32 Å². The van der Waals surface area contributed by atoms with E-state index in [-0.39, 0.29) is 6.04 Å². The lowest BCUT2D eigenvalue weighted by atomic mass is 10.0. The highest BCUT2D eigenvalue weighted by Gasteiger charge is 2.09. The van der Waals surface area contributed by atoms with Crippen molar-refractivity contribution in [2.24, 2.45) is 0 Å². The first-order chi connectivity index (χ1) is 9.11. The maximum absolute atomic E-state index is 6.18. The average Bonchev–Trinajstić information content (AvgIpc) is 2.44. The Labute approximate surface area is 124 Å². The summed E-state index contributed by atoms with van der Waals surface area (Å²) in [5.74, 6) is 0. The van der Waals surface area contributed by atoms with Crippen LogP contribution in [0.3, 0.4) is 0 Å². The third-order valence-corrected chi connectivity index (χ3v) is 4.03. The Bertz CT molecular complexity index is 549. The van der Waals surface area contributed by atoms with Gasteiger partial charge in [0.2, 0.25) is 0 Å². The van der Waals surface area contributed by atoms with Crippen LogP contribution >= 0.6 is 23.2 Å². The van der Waals surface area contributed by atoms with Crippen molar-refractivity contribution in [1.82, 2.24) is 0 Å². The van der Waals surface area contributed by atoms with Gasteiger partial charge in [0.1, 0.15) is 0 Å². The van der Waals surface area contributed by atoms with Gasteiger partial charge in [0.25, 0.3) is 0 Å². The fourth-order valence-corrected chi connectivity index (χ4v) is 2.33. The van der Waals surface area contributed by atoms with E-state index in [1.807, 2.05) is 12.1 Å². The zero-order valence-corrected chi connectivity index (χ0v) is 12.6. The van der Waals surface area contributed by atoms with Crippen LogP contribution in [0.1, 0.15) is 31.0 Å². The van der Waals surface area contributed by atoms with Crippen LogP contribution in [0.15, 0.2) is 42.5 Å². The summed E-state index contributed by atoms with van der Waals surface area (Å²) in [7, 11) is 0. The molecule has 100 valence electrons. The number of rotatable bonds is 4. The number of aryl methyl sites for hydroxylation is 1. The Hall–Kier alpha value is -1.18. The van der Waals surface area contributed by atoms with Gasteiger partial charge >= 0.3 is 0 Å². The maximum atomic E-state index is 6.18. The topological polar surface area (TPSA) is 12.0 Å². The van der Waals surface area contributed by atoms with Crippen molar-refractivity contribution in [1.29, 1.82) is 0 Å². The molecule has 0 spiro atoms. The summed E-state index contributed by atoms with van der Waals surface area (Å²) in [4.78, 5) is 0. The van der Waals surface area contributed by atoms with Gasteiger partial charge in [-0.1, -0.05) is 60.5 Å². The van der Waals surface area contributed by atoms with Gasteiger partial charge < -0.3 is 5.32 Å². The van der Waals surface area contributed by atoms with Gasteiger partial charge in [-0.05, 0) is 36.6 Å². The summed E-state index contributed by atoms with van der Waals surface area (Å²) in [6.45, 7) is 4.26. The summed E-state index contributed by atoms with van der Waals surface area (Å²) in [5.41, 5.74) is 3.44. The highest BCUT2D eigenvalue weighted by atomic mass is 35.5. The number of benzene rings is 2. The Morgan fingerprint density at radius 1 is 1.05 bits per heavy atom. The van der Waals surface area contributed by atoms with E-state index in [2.05, 4.69) is 43.4 Å². The van der Waals surface area contributed by atoms with Gasteiger partial charge in [0.15, 0.2) is 0 Å². The third-order valence-electron chi connectivity index (χ3n) is 3.21. The largest absolute Gasteiger partial charge is 0.377 e. The quantitative estimate of drug-likeness (QED) is 0.759. The molecule has 0 aliphatic heterocycles. The minimum Gasteiger partial charge on any atom is -0.377 e. The smallest absolute Gasteiger partial charge is 0.0823 e. The van der Waals surface area contributed by atoms with Gasteiger partial charge in [-0.25, -0.2) is 0 Å². The van der Waals surface area contributed by atoms with Crippen molar-refractivity contribution in [2.45, 2.75) is 26.3 Å². The molecule has 2 aromatic rings. The predicted molar refractivity (Wildman–Crippen MR) is 84.3 cm³/mol. The summed E-state index contributed by atoms with van der Waals surface area (Å²) in [5, 5.41) is 4.53. The van der Waals surface area contributed by atoms with Crippen molar-refractivity contribution >= 4 is 28.9 Å². The minimum atomic E-state index is 0.182. The predicted octanol–water partition coefficient (Wildman–Crippen LogP) is 5.73. The molecule has 0 saturated carbocycles. The van der Waals surface area contributed by atoms with Crippen molar-refractivity contribution in [3.63, 3.8) is 0 Å². The first-order valence-electron chi connectivity index (χ1n) is 6.41. The molecule has 0 radical (unpaired) electrons. The van der Waals surface area contributed by atoms with Crippen molar-refractivity contribution in [3.8, 4) is 0 Å². The van der Waals surface area contributed by atoms with Crippen molar-refractivity contribution in [3.05, 3.63) is 63.6 Å². The Morgan fingerprint density at radius 3 is 2.37 bits per heavy atom. The Morgan fingerprint density at radius 2 is 1.74 bits per heavy atom. The number of hydrogen-bond donors (Lipinski definition) is 1. The molecule has 0 fully saturated rings. The van der Waals surface area contributed by atoms with E-state index in [1.54, 1.807) is 6.07 Å². The van der Waals surface area contributed by atoms with Crippen molar-refractivity contribution in [2.75, 3.05) is 5.32 Å². The summed E-state index contributed by atoms with van der Waals surface area (Å²) < 4.78 is 0. The SMILES string of the molecule is CCc1ccc(C(C)Nc2cccc(Cl)c2Cl)cc1. The van der Waals surface area contributed by atoms with Gasteiger partial charge in [-0.15, -0.1) is 0 Å². The second kappa shape index (κ2) is 6.31. The lowest BCUT2D eigenvalue weighted by Gasteiger charge is -2.17. The molecular weight excluding hydrogens is 277 g/mol. The van der Waals surface area contributed by atoms with Gasteiger partial charge in [-0.3, -0.25) is 0 Å². The molecule has 2 rings (SSSR count). The number of halogens is 2. The molecule has 2 aromatic carbocycles. The van der Waals surface area contributed by atoms with Gasteiger partial charge in [-0.2, -0.15) is 0 Å². The summed E-state index contributed by atoms with van der Waals surface area (Å²) >= 11 is 12.2. The molecule has 1 unspecified atom stereocenters. The Kier molecular flexibility index (Phi) is 4.73. The molecule has 0 bridgehead atoms. The van der Waals surface area contributed by atoms with Gasteiger partial charge in [0, 0.05) is 6.04 Å². The zero-order valence-electron chi connectivity index (χ0n) is 11.1. The van der Waals surface area contributed by atoms with Crippen LogP contribution in [-0.2, 0) is 6.42 Å². The van der Waals surface area contributed by atoms with Gasteiger partial charge in [0.05, 0.1) is 15.7 Å². The molecule has 1 N–H and O–H groups in total. The van der Waals surface area contributed by atoms with E-state index in [9.17, 15) is 0 Å². The van der Waals surface area contributed by atoms with Crippen LogP contribution in [0, 0.1) is 0 Å². The molecular formula is C16H17Cl2N. The Balaban J connectivity index is 2.15. The van der Waals surface area contributed by atoms with E-state index in [0.29, 0.717) is 10.0 Å². The lowest BCUT2D eigenvalue weighted by molar-refractivity contribution is 0.883. The molecule has 1 nitrogen and oxygen atoms in total. The first-order valence-corrected chi connectivity index (χ1v) is 7.16. The van der Waals surface area contributed by atoms with Crippen LogP contribution in [-0.4, -0.2) is 0 Å². The molecule has 1 atom stereocenters. The second-order valence-electron chi connectivity index (χ2n) is 4.56. The highest BCUT2D eigenvalue weighted by molar-refractivity contribution is 6.43. The number of anilines is 1. The normalized spacial score (nSPS) is 12.2. The van der Waals surface area contributed by atoms with E-state index in [1.165, 1.54) is 11.1 Å². The molecule has 0 saturated heterocycles. The molecule has 19 heavy (non-hydrogen) atoms. The molecule has 0 aliphatic rings. The third kappa shape index (κ3) is 3.43. The molecule has 0 amide bonds. The van der Waals surface area contributed by atoms with E-state index < -0.39 is 0 Å². The van der Waals surface area contributed by atoms with Crippen molar-refractivity contribution < 1.29 is 0 Å². The van der Waals surface area contributed by atoms with Crippen LogP contribution in [0.2, 0.25) is 10.0 Å². The standard InChI is InChI=1S/C16H17Cl2N/c1-3-12-7-9-13(10-8-12)11(2)19-15-6-4-5-14(17)16(15)18/h4-11,19H,3H2,1-2H3. The van der Waals surface area contributed by atoms with E-state index in [4.69, 9.17) is 23.2 Å². The monoisotopic (exact) mass is 293 g/mol. The molecule has 0 aliphatic carbocycles. The molecule has 0 heterocycles. The van der Waals surface area contributed by atoms with E-state index >= 15 is 0 Å². The fourth-order valence-electron chi connectivity index (χ4n) is 1.97. The minimum absolute atomic E-state index is 0.182.